The summed E-state index contributed by atoms with van der Waals surface area (Å²) < 4.78 is 12.8. The molecule has 1 aliphatic rings. The number of carbonyl (C=O) groups is 1. The second-order valence-electron chi connectivity index (χ2n) is 4.39. The predicted octanol–water partition coefficient (Wildman–Crippen LogP) is 1.78. The first-order valence-electron chi connectivity index (χ1n) is 5.99. The predicted molar refractivity (Wildman–Crippen MR) is 64.1 cm³/mol. The van der Waals surface area contributed by atoms with Crippen LogP contribution in [0.5, 0.6) is 0 Å². The molecule has 1 atom stereocenters. The van der Waals surface area contributed by atoms with Crippen LogP contribution in [0, 0.1) is 5.82 Å². The molecule has 3 nitrogen and oxygen atoms in total. The van der Waals surface area contributed by atoms with Crippen LogP contribution in [0.1, 0.15) is 29.6 Å². The fourth-order valence-electron chi connectivity index (χ4n) is 2.27. The van der Waals surface area contributed by atoms with E-state index < -0.39 is 0 Å². The molecule has 0 aliphatic carbocycles. The van der Waals surface area contributed by atoms with E-state index in [0.29, 0.717) is 12.1 Å². The summed E-state index contributed by atoms with van der Waals surface area (Å²) in [6.07, 6.45) is 3.10. The molecule has 0 bridgehead atoms. The number of benzene rings is 1. The molecule has 1 heterocycles. The van der Waals surface area contributed by atoms with Gasteiger partial charge in [0.2, 0.25) is 0 Å². The van der Waals surface area contributed by atoms with Crippen molar-refractivity contribution >= 4 is 5.91 Å². The van der Waals surface area contributed by atoms with Gasteiger partial charge in [-0.1, -0.05) is 0 Å². The van der Waals surface area contributed by atoms with Gasteiger partial charge in [-0.05, 0) is 43.5 Å². The number of hydrogen-bond donors (Lipinski definition) is 1. The molecule has 1 amide bonds. The van der Waals surface area contributed by atoms with Crippen molar-refractivity contribution in [1.82, 2.24) is 4.90 Å². The zero-order valence-corrected chi connectivity index (χ0v) is 9.73. The molecular formula is C13H17FN2O. The van der Waals surface area contributed by atoms with Crippen molar-refractivity contribution in [2.24, 2.45) is 5.73 Å². The van der Waals surface area contributed by atoms with Gasteiger partial charge in [0.25, 0.3) is 5.91 Å². The molecule has 0 saturated carbocycles. The van der Waals surface area contributed by atoms with Gasteiger partial charge in [0.15, 0.2) is 0 Å². The molecule has 0 unspecified atom stereocenters. The van der Waals surface area contributed by atoms with Crippen LogP contribution >= 0.6 is 0 Å². The average Bonchev–Trinajstić information content (AvgIpc) is 2.39. The fraction of sp³-hybridized carbons (Fsp3) is 0.462. The Morgan fingerprint density at radius 1 is 1.35 bits per heavy atom. The summed E-state index contributed by atoms with van der Waals surface area (Å²) in [7, 11) is 0. The van der Waals surface area contributed by atoms with Crippen LogP contribution in [-0.2, 0) is 0 Å². The zero-order chi connectivity index (χ0) is 12.3. The van der Waals surface area contributed by atoms with E-state index in [0.717, 1.165) is 25.8 Å². The van der Waals surface area contributed by atoms with E-state index in [4.69, 9.17) is 5.73 Å². The molecule has 0 aromatic heterocycles. The van der Waals surface area contributed by atoms with E-state index in [1.165, 1.54) is 24.3 Å². The van der Waals surface area contributed by atoms with Crippen LogP contribution in [0.4, 0.5) is 4.39 Å². The first-order valence-corrected chi connectivity index (χ1v) is 5.99. The van der Waals surface area contributed by atoms with Gasteiger partial charge >= 0.3 is 0 Å². The molecule has 0 radical (unpaired) electrons. The highest BCUT2D eigenvalue weighted by Gasteiger charge is 2.26. The first kappa shape index (κ1) is 12.0. The minimum atomic E-state index is -0.324. The molecule has 17 heavy (non-hydrogen) atoms. The fourth-order valence-corrected chi connectivity index (χ4v) is 2.27. The Labute approximate surface area is 100 Å². The van der Waals surface area contributed by atoms with Crippen LogP contribution < -0.4 is 5.73 Å². The third-order valence-electron chi connectivity index (χ3n) is 3.25. The normalized spacial score (nSPS) is 20.4. The lowest BCUT2D eigenvalue weighted by Gasteiger charge is -2.35. The Morgan fingerprint density at radius 3 is 2.71 bits per heavy atom. The number of nitrogens with two attached hydrogens (primary N) is 1. The average molecular weight is 236 g/mol. The van der Waals surface area contributed by atoms with E-state index in [2.05, 4.69) is 0 Å². The van der Waals surface area contributed by atoms with E-state index in [1.807, 2.05) is 4.90 Å². The monoisotopic (exact) mass is 236 g/mol. The SMILES string of the molecule is NC[C@H]1CCCCN1C(=O)c1ccc(F)cc1. The van der Waals surface area contributed by atoms with Gasteiger partial charge in [0, 0.05) is 24.7 Å². The van der Waals surface area contributed by atoms with Crippen LogP contribution in [-0.4, -0.2) is 29.9 Å². The molecule has 0 spiro atoms. The number of carbonyl (C=O) groups excluding carboxylic acids is 1. The number of hydrogen-bond acceptors (Lipinski definition) is 2. The van der Waals surface area contributed by atoms with Crippen LogP contribution in [0.3, 0.4) is 0 Å². The highest BCUT2D eigenvalue weighted by atomic mass is 19.1. The number of rotatable bonds is 2. The van der Waals surface area contributed by atoms with Gasteiger partial charge in [-0.25, -0.2) is 4.39 Å². The highest BCUT2D eigenvalue weighted by Crippen LogP contribution is 2.19. The smallest absolute Gasteiger partial charge is 0.254 e. The lowest BCUT2D eigenvalue weighted by atomic mass is 10.0. The molecule has 2 rings (SSSR count). The van der Waals surface area contributed by atoms with Crippen molar-refractivity contribution in [3.63, 3.8) is 0 Å². The highest BCUT2D eigenvalue weighted by molar-refractivity contribution is 5.94. The van der Waals surface area contributed by atoms with E-state index in [-0.39, 0.29) is 17.8 Å². The molecule has 1 aromatic rings. The lowest BCUT2D eigenvalue weighted by Crippen LogP contribution is -2.47. The first-order chi connectivity index (χ1) is 8.22. The minimum absolute atomic E-state index is 0.0415. The summed E-state index contributed by atoms with van der Waals surface area (Å²) in [6.45, 7) is 1.24. The van der Waals surface area contributed by atoms with Crippen molar-refractivity contribution in [3.8, 4) is 0 Å². The Morgan fingerprint density at radius 2 is 2.06 bits per heavy atom. The number of halogens is 1. The summed E-state index contributed by atoms with van der Waals surface area (Å²) in [6, 6.07) is 5.81. The number of amides is 1. The number of likely N-dealkylation sites (tertiary alicyclic amines) is 1. The molecule has 1 fully saturated rings. The van der Waals surface area contributed by atoms with E-state index >= 15 is 0 Å². The summed E-state index contributed by atoms with van der Waals surface area (Å²) in [5.74, 6) is -0.365. The van der Waals surface area contributed by atoms with Crippen molar-refractivity contribution in [1.29, 1.82) is 0 Å². The molecule has 2 N–H and O–H groups in total. The van der Waals surface area contributed by atoms with Gasteiger partial charge < -0.3 is 10.6 Å². The molecule has 1 saturated heterocycles. The maximum absolute atomic E-state index is 12.8. The standard InChI is InChI=1S/C13H17FN2O/c14-11-6-4-10(5-7-11)13(17)16-8-2-1-3-12(16)9-15/h4-7,12H,1-3,8-9,15H2/t12-/m1/s1. The Balaban J connectivity index is 2.15. The summed E-state index contributed by atoms with van der Waals surface area (Å²) >= 11 is 0. The molecule has 4 heteroatoms. The molecule has 1 aliphatic heterocycles. The number of nitrogens with zero attached hydrogens (tertiary/aromatic N) is 1. The van der Waals surface area contributed by atoms with Crippen molar-refractivity contribution in [2.45, 2.75) is 25.3 Å². The molecule has 1 aromatic carbocycles. The van der Waals surface area contributed by atoms with Crippen molar-refractivity contribution in [3.05, 3.63) is 35.6 Å². The molecule has 92 valence electrons. The van der Waals surface area contributed by atoms with Gasteiger partial charge in [-0.3, -0.25) is 4.79 Å². The van der Waals surface area contributed by atoms with Gasteiger partial charge in [-0.2, -0.15) is 0 Å². The van der Waals surface area contributed by atoms with Crippen LogP contribution in [0.2, 0.25) is 0 Å². The van der Waals surface area contributed by atoms with Gasteiger partial charge in [-0.15, -0.1) is 0 Å². The Hall–Kier alpha value is -1.42. The van der Waals surface area contributed by atoms with Crippen LogP contribution in [0.25, 0.3) is 0 Å². The third kappa shape index (κ3) is 2.64. The second-order valence-corrected chi connectivity index (χ2v) is 4.39. The maximum atomic E-state index is 12.8. The maximum Gasteiger partial charge on any atom is 0.254 e. The largest absolute Gasteiger partial charge is 0.334 e. The lowest BCUT2D eigenvalue weighted by molar-refractivity contribution is 0.0623. The Bertz CT molecular complexity index is 391. The minimum Gasteiger partial charge on any atom is -0.334 e. The summed E-state index contributed by atoms with van der Waals surface area (Å²) in [4.78, 5) is 14.0. The molecular weight excluding hydrogens is 219 g/mol. The third-order valence-corrected chi connectivity index (χ3v) is 3.25. The van der Waals surface area contributed by atoms with E-state index in [1.54, 1.807) is 0 Å². The zero-order valence-electron chi connectivity index (χ0n) is 9.73. The van der Waals surface area contributed by atoms with Gasteiger partial charge in [0.1, 0.15) is 5.82 Å². The summed E-state index contributed by atoms with van der Waals surface area (Å²) in [5, 5.41) is 0. The Kier molecular flexibility index (Phi) is 3.74. The van der Waals surface area contributed by atoms with Crippen LogP contribution in [0.15, 0.2) is 24.3 Å². The number of piperidine rings is 1. The quantitative estimate of drug-likeness (QED) is 0.850. The topological polar surface area (TPSA) is 46.3 Å². The van der Waals surface area contributed by atoms with Crippen molar-refractivity contribution < 1.29 is 9.18 Å². The van der Waals surface area contributed by atoms with E-state index in [9.17, 15) is 9.18 Å². The van der Waals surface area contributed by atoms with Gasteiger partial charge in [0.05, 0.1) is 0 Å². The summed E-state index contributed by atoms with van der Waals surface area (Å²) in [5.41, 5.74) is 6.21. The van der Waals surface area contributed by atoms with Crippen molar-refractivity contribution in [2.75, 3.05) is 13.1 Å². The second kappa shape index (κ2) is 5.27.